The highest BCUT2D eigenvalue weighted by Gasteiger charge is 2.24. The van der Waals surface area contributed by atoms with Crippen molar-refractivity contribution in [3.05, 3.63) is 79.6 Å². The highest BCUT2D eigenvalue weighted by atomic mass is 32.1. The second-order valence-corrected chi connectivity index (χ2v) is 7.38. The topological polar surface area (TPSA) is 121 Å². The first-order valence-corrected chi connectivity index (χ1v) is 10.2. The van der Waals surface area contributed by atoms with Crippen LogP contribution in [0.3, 0.4) is 0 Å². The van der Waals surface area contributed by atoms with Crippen LogP contribution in [0.1, 0.15) is 23.0 Å². The fourth-order valence-corrected chi connectivity index (χ4v) is 3.96. The number of amides is 1. The van der Waals surface area contributed by atoms with Gasteiger partial charge in [-0.15, -0.1) is 11.3 Å². The summed E-state index contributed by atoms with van der Waals surface area (Å²) >= 11 is 1.15. The van der Waals surface area contributed by atoms with E-state index in [2.05, 4.69) is 5.32 Å². The Balaban J connectivity index is 1.93. The summed E-state index contributed by atoms with van der Waals surface area (Å²) in [6, 6.07) is 11.7. The molecule has 0 aliphatic carbocycles. The van der Waals surface area contributed by atoms with Crippen LogP contribution in [0.15, 0.2) is 52.6 Å². The molecule has 1 amide bonds. The number of thiophene rings is 1. The molecule has 2 heterocycles. The smallest absolute Gasteiger partial charge is 0.341 e. The average Bonchev–Trinajstić information content (AvgIpc) is 3.15. The summed E-state index contributed by atoms with van der Waals surface area (Å²) in [5, 5.41) is 15.7. The number of pyridine rings is 1. The third-order valence-corrected chi connectivity index (χ3v) is 5.37. The lowest BCUT2D eigenvalue weighted by atomic mass is 10.0. The number of carbonyl (C=O) groups excluding carboxylic acids is 2. The molecule has 3 rings (SSSR count). The van der Waals surface area contributed by atoms with Crippen molar-refractivity contribution in [1.82, 2.24) is 4.57 Å². The minimum absolute atomic E-state index is 0.165. The summed E-state index contributed by atoms with van der Waals surface area (Å²) in [6.45, 7) is 2.98. The Morgan fingerprint density at radius 1 is 1.19 bits per heavy atom. The number of aryl methyl sites for hydroxylation is 1. The molecule has 0 saturated carbocycles. The Labute approximate surface area is 181 Å². The zero-order valence-electron chi connectivity index (χ0n) is 16.8. The summed E-state index contributed by atoms with van der Waals surface area (Å²) < 4.78 is 6.17. The van der Waals surface area contributed by atoms with E-state index < -0.39 is 34.6 Å². The standard InChI is InChI=1S/C21H19N3O6S/c1-3-30-21(27)18-15(14-7-5-4-6-8-14)12-31-19(18)22-17(25)11-23-13(2)9-10-16(20(23)26)24(28)29/h4-10,12H,3,11H2,1-2H3,(H,22,25). The third-order valence-electron chi connectivity index (χ3n) is 4.48. The first-order chi connectivity index (χ1) is 14.8. The Morgan fingerprint density at radius 2 is 1.90 bits per heavy atom. The van der Waals surface area contributed by atoms with E-state index in [-0.39, 0.29) is 17.2 Å². The lowest BCUT2D eigenvalue weighted by Gasteiger charge is -2.11. The van der Waals surface area contributed by atoms with Crippen LogP contribution in [-0.2, 0) is 16.1 Å². The number of anilines is 1. The average molecular weight is 441 g/mol. The molecule has 1 N–H and O–H groups in total. The maximum Gasteiger partial charge on any atom is 0.341 e. The summed E-state index contributed by atoms with van der Waals surface area (Å²) in [5.41, 5.74) is 0.521. The minimum atomic E-state index is -0.873. The first-order valence-electron chi connectivity index (χ1n) is 9.32. The lowest BCUT2D eigenvalue weighted by molar-refractivity contribution is -0.386. The predicted octanol–water partition coefficient (Wildman–Crippen LogP) is 3.61. The largest absolute Gasteiger partial charge is 0.462 e. The summed E-state index contributed by atoms with van der Waals surface area (Å²) in [4.78, 5) is 47.8. The summed E-state index contributed by atoms with van der Waals surface area (Å²) in [5.74, 6) is -1.18. The van der Waals surface area contributed by atoms with E-state index >= 15 is 0 Å². The SMILES string of the molecule is CCOC(=O)c1c(-c2ccccc2)csc1NC(=O)Cn1c(C)ccc([N+](=O)[O-])c1=O. The van der Waals surface area contributed by atoms with Crippen LogP contribution in [0.2, 0.25) is 0 Å². The maximum atomic E-state index is 12.7. The van der Waals surface area contributed by atoms with Gasteiger partial charge in [0, 0.05) is 22.7 Å². The molecule has 9 nitrogen and oxygen atoms in total. The predicted molar refractivity (Wildman–Crippen MR) is 116 cm³/mol. The molecule has 10 heteroatoms. The van der Waals surface area contributed by atoms with Crippen molar-refractivity contribution in [2.45, 2.75) is 20.4 Å². The molecule has 0 aliphatic heterocycles. The Morgan fingerprint density at radius 3 is 2.55 bits per heavy atom. The van der Waals surface area contributed by atoms with Gasteiger partial charge in [0.05, 0.1) is 11.5 Å². The fourth-order valence-electron chi connectivity index (χ4n) is 2.99. The van der Waals surface area contributed by atoms with Gasteiger partial charge in [0.1, 0.15) is 17.1 Å². The van der Waals surface area contributed by atoms with Gasteiger partial charge in [0.15, 0.2) is 0 Å². The van der Waals surface area contributed by atoms with Crippen molar-refractivity contribution in [2.24, 2.45) is 0 Å². The number of nitrogens with zero attached hydrogens (tertiary/aromatic N) is 2. The molecule has 0 spiro atoms. The molecule has 31 heavy (non-hydrogen) atoms. The molecule has 0 atom stereocenters. The van der Waals surface area contributed by atoms with Crippen molar-refractivity contribution < 1.29 is 19.2 Å². The van der Waals surface area contributed by atoms with E-state index in [0.717, 1.165) is 27.5 Å². The second-order valence-electron chi connectivity index (χ2n) is 6.50. The quantitative estimate of drug-likeness (QED) is 0.340. The maximum absolute atomic E-state index is 12.7. The third kappa shape index (κ3) is 4.69. The number of ether oxygens (including phenoxy) is 1. The molecule has 1 aromatic carbocycles. The van der Waals surface area contributed by atoms with Gasteiger partial charge in [-0.25, -0.2) is 4.79 Å². The van der Waals surface area contributed by atoms with E-state index in [0.29, 0.717) is 11.3 Å². The number of carbonyl (C=O) groups is 2. The Hall–Kier alpha value is -3.79. The summed E-state index contributed by atoms with van der Waals surface area (Å²) in [7, 11) is 0. The van der Waals surface area contributed by atoms with E-state index in [4.69, 9.17) is 4.74 Å². The van der Waals surface area contributed by atoms with Gasteiger partial charge in [0.25, 0.3) is 0 Å². The van der Waals surface area contributed by atoms with Crippen molar-refractivity contribution in [3.8, 4) is 11.1 Å². The van der Waals surface area contributed by atoms with Crippen LogP contribution in [-0.4, -0.2) is 28.0 Å². The van der Waals surface area contributed by atoms with Crippen LogP contribution in [0, 0.1) is 17.0 Å². The molecular weight excluding hydrogens is 422 g/mol. The number of hydrogen-bond donors (Lipinski definition) is 1. The molecule has 0 unspecified atom stereocenters. The van der Waals surface area contributed by atoms with Crippen molar-refractivity contribution in [1.29, 1.82) is 0 Å². The molecule has 0 radical (unpaired) electrons. The molecule has 0 bridgehead atoms. The normalized spacial score (nSPS) is 10.5. The number of aromatic nitrogens is 1. The number of nitrogens with one attached hydrogen (secondary N) is 1. The highest BCUT2D eigenvalue weighted by molar-refractivity contribution is 7.15. The molecule has 0 aliphatic rings. The highest BCUT2D eigenvalue weighted by Crippen LogP contribution is 2.36. The van der Waals surface area contributed by atoms with Gasteiger partial charge in [-0.1, -0.05) is 30.3 Å². The van der Waals surface area contributed by atoms with E-state index in [1.165, 1.54) is 6.07 Å². The van der Waals surface area contributed by atoms with Gasteiger partial charge < -0.3 is 10.1 Å². The molecule has 2 aromatic heterocycles. The van der Waals surface area contributed by atoms with Gasteiger partial charge >= 0.3 is 17.2 Å². The number of rotatable bonds is 7. The molecule has 3 aromatic rings. The van der Waals surface area contributed by atoms with E-state index in [9.17, 15) is 24.5 Å². The minimum Gasteiger partial charge on any atom is -0.462 e. The fraction of sp³-hybridized carbons (Fsp3) is 0.190. The van der Waals surface area contributed by atoms with Crippen molar-refractivity contribution in [3.63, 3.8) is 0 Å². The number of hydrogen-bond acceptors (Lipinski definition) is 7. The molecular formula is C21H19N3O6S. The number of esters is 1. The van der Waals surface area contributed by atoms with E-state index in [1.54, 1.807) is 19.2 Å². The first kappa shape index (κ1) is 21.9. The van der Waals surface area contributed by atoms with E-state index in [1.807, 2.05) is 30.3 Å². The summed E-state index contributed by atoms with van der Waals surface area (Å²) in [6.07, 6.45) is 0. The van der Waals surface area contributed by atoms with Gasteiger partial charge in [-0.3, -0.25) is 24.3 Å². The van der Waals surface area contributed by atoms with Gasteiger partial charge in [-0.2, -0.15) is 0 Å². The second kappa shape index (κ2) is 9.35. The van der Waals surface area contributed by atoms with Crippen LogP contribution < -0.4 is 10.9 Å². The molecule has 0 fully saturated rings. The molecule has 0 saturated heterocycles. The van der Waals surface area contributed by atoms with Crippen LogP contribution in [0.4, 0.5) is 10.7 Å². The molecule has 160 valence electrons. The zero-order valence-corrected chi connectivity index (χ0v) is 17.6. The van der Waals surface area contributed by atoms with Crippen molar-refractivity contribution >= 4 is 33.9 Å². The van der Waals surface area contributed by atoms with Crippen LogP contribution in [0.5, 0.6) is 0 Å². The monoisotopic (exact) mass is 441 g/mol. The van der Waals surface area contributed by atoms with Gasteiger partial charge in [0.2, 0.25) is 5.91 Å². The van der Waals surface area contributed by atoms with Crippen molar-refractivity contribution in [2.75, 3.05) is 11.9 Å². The van der Waals surface area contributed by atoms with Crippen LogP contribution in [0.25, 0.3) is 11.1 Å². The van der Waals surface area contributed by atoms with Crippen LogP contribution >= 0.6 is 11.3 Å². The Kier molecular flexibility index (Phi) is 6.61. The zero-order chi connectivity index (χ0) is 22.5. The number of nitro groups is 1. The van der Waals surface area contributed by atoms with Gasteiger partial charge in [-0.05, 0) is 25.5 Å². The lowest BCUT2D eigenvalue weighted by Crippen LogP contribution is -2.30. The number of benzene rings is 1. The Bertz CT molecular complexity index is 1200.